The van der Waals surface area contributed by atoms with Gasteiger partial charge in [-0.05, 0) is 31.5 Å². The number of aromatic nitrogens is 4. The van der Waals surface area contributed by atoms with E-state index >= 15 is 0 Å². The van der Waals surface area contributed by atoms with Gasteiger partial charge in [-0.3, -0.25) is 14.2 Å². The Bertz CT molecular complexity index is 916. The molecule has 0 saturated carbocycles. The van der Waals surface area contributed by atoms with Crippen molar-refractivity contribution in [3.05, 3.63) is 59.6 Å². The fourth-order valence-corrected chi connectivity index (χ4v) is 2.60. The van der Waals surface area contributed by atoms with Gasteiger partial charge in [-0.15, -0.1) is 0 Å². The number of nitrogens with one attached hydrogen (secondary N) is 1. The molecule has 1 aromatic carbocycles. The Labute approximate surface area is 156 Å². The Kier molecular flexibility index (Phi) is 4.99. The first kappa shape index (κ1) is 18.0. The first-order valence-electron chi connectivity index (χ1n) is 8.06. The van der Waals surface area contributed by atoms with Crippen molar-refractivity contribution in [1.82, 2.24) is 19.6 Å². The zero-order valence-corrected chi connectivity index (χ0v) is 15.6. The van der Waals surface area contributed by atoms with Crippen LogP contribution in [0.5, 0.6) is 5.75 Å². The third-order valence-electron chi connectivity index (χ3n) is 4.05. The van der Waals surface area contributed by atoms with Crippen molar-refractivity contribution < 1.29 is 9.53 Å². The van der Waals surface area contributed by atoms with Gasteiger partial charge >= 0.3 is 0 Å². The van der Waals surface area contributed by atoms with E-state index in [1.165, 1.54) is 10.9 Å². The summed E-state index contributed by atoms with van der Waals surface area (Å²) >= 11 is 5.90. The minimum Gasteiger partial charge on any atom is -0.497 e. The molecule has 3 aromatic rings. The highest BCUT2D eigenvalue weighted by Crippen LogP contribution is 2.20. The molecule has 2 heterocycles. The number of benzene rings is 1. The molecule has 1 N–H and O–H groups in total. The first-order chi connectivity index (χ1) is 12.4. The first-order valence-corrected chi connectivity index (χ1v) is 8.44. The van der Waals surface area contributed by atoms with E-state index in [0.717, 1.165) is 11.3 Å². The van der Waals surface area contributed by atoms with Crippen molar-refractivity contribution >= 4 is 23.2 Å². The summed E-state index contributed by atoms with van der Waals surface area (Å²) in [6.45, 7) is 4.11. The Morgan fingerprint density at radius 2 is 2.08 bits per heavy atom. The predicted molar refractivity (Wildman–Crippen MR) is 99.5 cm³/mol. The molecule has 136 valence electrons. The van der Waals surface area contributed by atoms with Gasteiger partial charge < -0.3 is 10.1 Å². The van der Waals surface area contributed by atoms with Gasteiger partial charge in [0, 0.05) is 12.4 Å². The molecule has 2 aromatic heterocycles. The van der Waals surface area contributed by atoms with Gasteiger partial charge in [-0.1, -0.05) is 23.7 Å². The lowest BCUT2D eigenvalue weighted by molar-refractivity contribution is -0.123. The molecule has 0 radical (unpaired) electrons. The maximum absolute atomic E-state index is 12.6. The Morgan fingerprint density at radius 1 is 1.27 bits per heavy atom. The number of amides is 1. The summed E-state index contributed by atoms with van der Waals surface area (Å²) in [4.78, 5) is 12.6. The summed E-state index contributed by atoms with van der Waals surface area (Å²) in [5.41, 5.74) is 0.781. The van der Waals surface area contributed by atoms with Crippen molar-refractivity contribution in [3.63, 3.8) is 0 Å². The smallest absolute Gasteiger partial charge is 0.251 e. The van der Waals surface area contributed by atoms with E-state index in [0.29, 0.717) is 17.3 Å². The second kappa shape index (κ2) is 7.21. The van der Waals surface area contributed by atoms with E-state index in [9.17, 15) is 4.79 Å². The molecule has 1 amide bonds. The van der Waals surface area contributed by atoms with E-state index < -0.39 is 5.54 Å². The van der Waals surface area contributed by atoms with Crippen LogP contribution in [-0.4, -0.2) is 32.6 Å². The number of carbonyl (C=O) groups excluding carboxylic acids is 1. The average Bonchev–Trinajstić information content (AvgIpc) is 3.24. The van der Waals surface area contributed by atoms with Gasteiger partial charge in [-0.25, -0.2) is 0 Å². The summed E-state index contributed by atoms with van der Waals surface area (Å²) in [6.07, 6.45) is 6.52. The van der Waals surface area contributed by atoms with Crippen LogP contribution in [-0.2, 0) is 16.9 Å². The lowest BCUT2D eigenvalue weighted by Crippen LogP contribution is -2.40. The number of hydrogen-bond acceptors (Lipinski definition) is 4. The van der Waals surface area contributed by atoms with Crippen LogP contribution in [0.1, 0.15) is 19.4 Å². The van der Waals surface area contributed by atoms with E-state index in [-0.39, 0.29) is 5.91 Å². The molecule has 7 nitrogen and oxygen atoms in total. The monoisotopic (exact) mass is 373 g/mol. The summed E-state index contributed by atoms with van der Waals surface area (Å²) in [5.74, 6) is 0.584. The van der Waals surface area contributed by atoms with E-state index in [1.54, 1.807) is 44.2 Å². The maximum Gasteiger partial charge on any atom is 0.251 e. The SMILES string of the molecule is COc1cccc(Cn2cc(NC(=O)C(C)(C)n3cc(Cl)cn3)cn2)c1. The number of ether oxygens (including phenoxy) is 1. The van der Waals surface area contributed by atoms with E-state index in [2.05, 4.69) is 15.5 Å². The summed E-state index contributed by atoms with van der Waals surface area (Å²) in [5, 5.41) is 11.8. The number of hydrogen-bond donors (Lipinski definition) is 1. The molecule has 0 aliphatic heterocycles. The summed E-state index contributed by atoms with van der Waals surface area (Å²) < 4.78 is 8.51. The highest BCUT2D eigenvalue weighted by atomic mass is 35.5. The number of methoxy groups -OCH3 is 1. The Balaban J connectivity index is 1.68. The molecule has 26 heavy (non-hydrogen) atoms. The summed E-state index contributed by atoms with van der Waals surface area (Å²) in [6, 6.07) is 7.76. The standard InChI is InChI=1S/C18H20ClN5O2/c1-18(2,24-11-14(19)8-21-24)17(25)22-15-9-20-23(12-15)10-13-5-4-6-16(7-13)26-3/h4-9,11-12H,10H2,1-3H3,(H,22,25). The number of anilines is 1. The topological polar surface area (TPSA) is 74.0 Å². The molecule has 0 atom stereocenters. The van der Waals surface area contributed by atoms with Crippen molar-refractivity contribution in [3.8, 4) is 5.75 Å². The molecule has 0 bridgehead atoms. The largest absolute Gasteiger partial charge is 0.497 e. The molecular weight excluding hydrogens is 354 g/mol. The third-order valence-corrected chi connectivity index (χ3v) is 4.24. The molecule has 0 unspecified atom stereocenters. The lowest BCUT2D eigenvalue weighted by atomic mass is 10.1. The van der Waals surface area contributed by atoms with Crippen LogP contribution in [0.2, 0.25) is 5.02 Å². The number of rotatable bonds is 6. The van der Waals surface area contributed by atoms with Crippen molar-refractivity contribution in [2.45, 2.75) is 25.9 Å². The van der Waals surface area contributed by atoms with Gasteiger partial charge in [0.15, 0.2) is 0 Å². The van der Waals surface area contributed by atoms with Crippen LogP contribution >= 0.6 is 11.6 Å². The molecule has 0 saturated heterocycles. The maximum atomic E-state index is 12.6. The second-order valence-corrected chi connectivity index (χ2v) is 6.83. The van der Waals surface area contributed by atoms with Crippen LogP contribution in [0.4, 0.5) is 5.69 Å². The molecule has 3 rings (SSSR count). The minimum atomic E-state index is -0.887. The lowest BCUT2D eigenvalue weighted by Gasteiger charge is -2.23. The molecule has 0 aliphatic rings. The highest BCUT2D eigenvalue weighted by Gasteiger charge is 2.31. The zero-order valence-electron chi connectivity index (χ0n) is 14.8. The van der Waals surface area contributed by atoms with Crippen LogP contribution in [0.15, 0.2) is 49.1 Å². The normalized spacial score (nSPS) is 11.4. The molecule has 0 spiro atoms. The van der Waals surface area contributed by atoms with Crippen LogP contribution in [0.25, 0.3) is 0 Å². The van der Waals surface area contributed by atoms with Crippen LogP contribution in [0, 0.1) is 0 Å². The highest BCUT2D eigenvalue weighted by molar-refractivity contribution is 6.30. The van der Waals surface area contributed by atoms with Crippen molar-refractivity contribution in [1.29, 1.82) is 0 Å². The Hall–Kier alpha value is -2.80. The van der Waals surface area contributed by atoms with Gasteiger partial charge in [0.05, 0.1) is 36.8 Å². The van der Waals surface area contributed by atoms with E-state index in [4.69, 9.17) is 16.3 Å². The van der Waals surface area contributed by atoms with Gasteiger partial charge in [0.1, 0.15) is 11.3 Å². The van der Waals surface area contributed by atoms with Gasteiger partial charge in [0.25, 0.3) is 5.91 Å². The van der Waals surface area contributed by atoms with Crippen LogP contribution in [0.3, 0.4) is 0 Å². The molecule has 8 heteroatoms. The average molecular weight is 374 g/mol. The fourth-order valence-electron chi connectivity index (χ4n) is 2.47. The summed E-state index contributed by atoms with van der Waals surface area (Å²) in [7, 11) is 1.63. The third kappa shape index (κ3) is 3.88. The van der Waals surface area contributed by atoms with Gasteiger partial charge in [-0.2, -0.15) is 10.2 Å². The molecule has 0 aliphatic carbocycles. The van der Waals surface area contributed by atoms with Crippen LogP contribution < -0.4 is 10.1 Å². The van der Waals surface area contributed by atoms with Crippen molar-refractivity contribution in [2.75, 3.05) is 12.4 Å². The van der Waals surface area contributed by atoms with Crippen molar-refractivity contribution in [2.24, 2.45) is 0 Å². The molecule has 0 fully saturated rings. The fraction of sp³-hybridized carbons (Fsp3) is 0.278. The molecular formula is C18H20ClN5O2. The second-order valence-electron chi connectivity index (χ2n) is 6.39. The number of nitrogens with zero attached hydrogens (tertiary/aromatic N) is 4. The number of carbonyl (C=O) groups is 1. The predicted octanol–water partition coefficient (Wildman–Crippen LogP) is 3.16. The minimum absolute atomic E-state index is 0.210. The Morgan fingerprint density at radius 3 is 2.77 bits per heavy atom. The zero-order chi connectivity index (χ0) is 18.7. The quantitative estimate of drug-likeness (QED) is 0.720. The number of halogens is 1. The van der Waals surface area contributed by atoms with Gasteiger partial charge in [0.2, 0.25) is 0 Å². The van der Waals surface area contributed by atoms with E-state index in [1.807, 2.05) is 24.3 Å².